The Morgan fingerprint density at radius 3 is 2.57 bits per heavy atom. The van der Waals surface area contributed by atoms with Gasteiger partial charge in [0.25, 0.3) is 0 Å². The number of ether oxygens (including phenoxy) is 1. The highest BCUT2D eigenvalue weighted by Crippen LogP contribution is 2.20. The third kappa shape index (κ3) is 3.06. The maximum Gasteiger partial charge on any atom is 0.199 e. The Hall–Kier alpha value is -2.33. The molecule has 3 rings (SSSR count). The highest BCUT2D eigenvalue weighted by atomic mass is 16.5. The van der Waals surface area contributed by atoms with Crippen molar-refractivity contribution < 1.29 is 14.3 Å². The predicted molar refractivity (Wildman–Crippen MR) is 80.3 cm³/mol. The number of hydrogen-bond donors (Lipinski definition) is 1. The number of aromatic nitrogens is 1. The van der Waals surface area contributed by atoms with Crippen LogP contribution in [0.4, 0.5) is 0 Å². The predicted octanol–water partition coefficient (Wildman–Crippen LogP) is 3.31. The Labute approximate surface area is 123 Å². The summed E-state index contributed by atoms with van der Waals surface area (Å²) < 4.78 is 11.1. The number of fused-ring (bicyclic) bond motifs is 1. The van der Waals surface area contributed by atoms with Crippen molar-refractivity contribution in [3.8, 4) is 5.75 Å². The van der Waals surface area contributed by atoms with Crippen molar-refractivity contribution >= 4 is 11.1 Å². The average molecular weight is 283 g/mol. The zero-order chi connectivity index (χ0) is 14.7. The van der Waals surface area contributed by atoms with Crippen LogP contribution in [0, 0.1) is 0 Å². The molecule has 108 valence electrons. The number of oxazole rings is 1. The number of nitrogens with zero attached hydrogens (tertiary/aromatic N) is 1. The van der Waals surface area contributed by atoms with E-state index in [-0.39, 0.29) is 6.61 Å². The molecule has 0 bridgehead atoms. The second-order valence-electron chi connectivity index (χ2n) is 4.82. The Bertz CT molecular complexity index is 731. The summed E-state index contributed by atoms with van der Waals surface area (Å²) in [5.41, 5.74) is 3.48. The molecule has 0 amide bonds. The van der Waals surface area contributed by atoms with E-state index >= 15 is 0 Å². The lowest BCUT2D eigenvalue weighted by molar-refractivity contribution is 0.282. The molecule has 0 radical (unpaired) electrons. The molecule has 0 aliphatic heterocycles. The Morgan fingerprint density at radius 2 is 1.86 bits per heavy atom. The van der Waals surface area contributed by atoms with Crippen molar-refractivity contribution in [3.63, 3.8) is 0 Å². The lowest BCUT2D eigenvalue weighted by Gasteiger charge is -2.03. The molecule has 0 unspecified atom stereocenters. The minimum atomic E-state index is 0.0109. The maximum atomic E-state index is 9.14. The fraction of sp³-hybridized carbons (Fsp3) is 0.235. The van der Waals surface area contributed by atoms with Gasteiger partial charge in [0.15, 0.2) is 11.5 Å². The summed E-state index contributed by atoms with van der Waals surface area (Å²) in [4.78, 5) is 4.47. The first kappa shape index (κ1) is 13.6. The molecule has 0 atom stereocenters. The largest absolute Gasteiger partial charge is 0.494 e. The number of rotatable bonds is 5. The van der Waals surface area contributed by atoms with Crippen LogP contribution in [0.5, 0.6) is 5.75 Å². The van der Waals surface area contributed by atoms with E-state index in [2.05, 4.69) is 4.98 Å². The quantitative estimate of drug-likeness (QED) is 0.780. The molecule has 2 aromatic carbocycles. The Kier molecular flexibility index (Phi) is 3.88. The first-order valence-electron chi connectivity index (χ1n) is 6.99. The SMILES string of the molecule is CCOc1ccc(Cc2nc3cc(CO)ccc3o2)cc1. The summed E-state index contributed by atoms with van der Waals surface area (Å²) >= 11 is 0. The normalized spacial score (nSPS) is 11.0. The molecule has 4 nitrogen and oxygen atoms in total. The molecule has 4 heteroatoms. The van der Waals surface area contributed by atoms with Crippen molar-refractivity contribution in [2.45, 2.75) is 20.0 Å². The van der Waals surface area contributed by atoms with E-state index in [9.17, 15) is 0 Å². The highest BCUT2D eigenvalue weighted by molar-refractivity contribution is 5.73. The third-order valence-electron chi connectivity index (χ3n) is 3.27. The van der Waals surface area contributed by atoms with E-state index in [0.29, 0.717) is 18.9 Å². The topological polar surface area (TPSA) is 55.5 Å². The average Bonchev–Trinajstić information content (AvgIpc) is 2.90. The van der Waals surface area contributed by atoms with Crippen LogP contribution in [0.25, 0.3) is 11.1 Å². The third-order valence-corrected chi connectivity index (χ3v) is 3.27. The van der Waals surface area contributed by atoms with Crippen LogP contribution < -0.4 is 4.74 Å². The Morgan fingerprint density at radius 1 is 1.10 bits per heavy atom. The lowest BCUT2D eigenvalue weighted by Crippen LogP contribution is -1.92. The molecule has 0 fully saturated rings. The Balaban J connectivity index is 1.80. The van der Waals surface area contributed by atoms with Crippen LogP contribution >= 0.6 is 0 Å². The molecule has 0 saturated carbocycles. The van der Waals surface area contributed by atoms with E-state index in [4.69, 9.17) is 14.3 Å². The fourth-order valence-electron chi connectivity index (χ4n) is 2.24. The summed E-state index contributed by atoms with van der Waals surface area (Å²) in [6.45, 7) is 2.64. The first-order valence-corrected chi connectivity index (χ1v) is 6.99. The minimum Gasteiger partial charge on any atom is -0.494 e. The molecular formula is C17H17NO3. The summed E-state index contributed by atoms with van der Waals surface area (Å²) in [7, 11) is 0. The van der Waals surface area contributed by atoms with Gasteiger partial charge in [0.05, 0.1) is 13.2 Å². The number of hydrogen-bond acceptors (Lipinski definition) is 4. The van der Waals surface area contributed by atoms with Gasteiger partial charge in [-0.15, -0.1) is 0 Å². The molecule has 1 heterocycles. The van der Waals surface area contributed by atoms with E-state index < -0.39 is 0 Å². The van der Waals surface area contributed by atoms with Crippen LogP contribution in [0.1, 0.15) is 23.9 Å². The van der Waals surface area contributed by atoms with Crippen molar-refractivity contribution in [1.29, 1.82) is 0 Å². The van der Waals surface area contributed by atoms with Gasteiger partial charge in [-0.05, 0) is 42.3 Å². The zero-order valence-corrected chi connectivity index (χ0v) is 11.9. The van der Waals surface area contributed by atoms with Crippen LogP contribution in [0.2, 0.25) is 0 Å². The van der Waals surface area contributed by atoms with Gasteiger partial charge >= 0.3 is 0 Å². The number of benzene rings is 2. The second-order valence-corrected chi connectivity index (χ2v) is 4.82. The smallest absolute Gasteiger partial charge is 0.199 e. The fourth-order valence-corrected chi connectivity index (χ4v) is 2.24. The number of aliphatic hydroxyl groups is 1. The van der Waals surface area contributed by atoms with Crippen molar-refractivity contribution in [2.75, 3.05) is 6.61 Å². The van der Waals surface area contributed by atoms with Crippen LogP contribution in [-0.2, 0) is 13.0 Å². The molecule has 3 aromatic rings. The van der Waals surface area contributed by atoms with Crippen LogP contribution in [0.15, 0.2) is 46.9 Å². The van der Waals surface area contributed by atoms with E-state index in [1.807, 2.05) is 49.4 Å². The monoisotopic (exact) mass is 283 g/mol. The van der Waals surface area contributed by atoms with Gasteiger partial charge in [-0.3, -0.25) is 0 Å². The van der Waals surface area contributed by atoms with Gasteiger partial charge in [0, 0.05) is 6.42 Å². The molecule has 1 aromatic heterocycles. The summed E-state index contributed by atoms with van der Waals surface area (Å²) in [6.07, 6.45) is 0.634. The van der Waals surface area contributed by atoms with Crippen molar-refractivity contribution in [2.24, 2.45) is 0 Å². The van der Waals surface area contributed by atoms with Gasteiger partial charge in [0.1, 0.15) is 11.3 Å². The lowest BCUT2D eigenvalue weighted by atomic mass is 10.1. The van der Waals surface area contributed by atoms with Crippen molar-refractivity contribution in [1.82, 2.24) is 4.98 Å². The maximum absolute atomic E-state index is 9.14. The number of aliphatic hydroxyl groups excluding tert-OH is 1. The molecule has 0 aliphatic rings. The minimum absolute atomic E-state index is 0.0109. The van der Waals surface area contributed by atoms with Crippen LogP contribution in [0.3, 0.4) is 0 Å². The summed E-state index contributed by atoms with van der Waals surface area (Å²) in [6, 6.07) is 13.5. The van der Waals surface area contributed by atoms with E-state index in [1.165, 1.54) is 0 Å². The van der Waals surface area contributed by atoms with Gasteiger partial charge in [0.2, 0.25) is 0 Å². The molecule has 0 aliphatic carbocycles. The van der Waals surface area contributed by atoms with Gasteiger partial charge < -0.3 is 14.3 Å². The summed E-state index contributed by atoms with van der Waals surface area (Å²) in [5, 5.41) is 9.14. The van der Waals surface area contributed by atoms with Crippen molar-refractivity contribution in [3.05, 3.63) is 59.5 Å². The molecular weight excluding hydrogens is 266 g/mol. The molecule has 1 N–H and O–H groups in total. The molecule has 21 heavy (non-hydrogen) atoms. The molecule has 0 saturated heterocycles. The van der Waals surface area contributed by atoms with Crippen LogP contribution in [-0.4, -0.2) is 16.7 Å². The van der Waals surface area contributed by atoms with E-state index in [1.54, 1.807) is 0 Å². The highest BCUT2D eigenvalue weighted by Gasteiger charge is 2.07. The zero-order valence-electron chi connectivity index (χ0n) is 11.9. The standard InChI is InChI=1S/C17H17NO3/c1-2-20-14-6-3-12(4-7-14)10-17-18-15-9-13(11-19)5-8-16(15)21-17/h3-9,19H,2,10-11H2,1H3. The van der Waals surface area contributed by atoms with Gasteiger partial charge in [-0.2, -0.15) is 0 Å². The molecule has 0 spiro atoms. The van der Waals surface area contributed by atoms with Gasteiger partial charge in [-0.25, -0.2) is 4.98 Å². The first-order chi connectivity index (χ1) is 10.3. The van der Waals surface area contributed by atoms with Gasteiger partial charge in [-0.1, -0.05) is 18.2 Å². The van der Waals surface area contributed by atoms with E-state index in [0.717, 1.165) is 28.0 Å². The summed E-state index contributed by atoms with van der Waals surface area (Å²) in [5.74, 6) is 1.54. The second kappa shape index (κ2) is 5.97.